The summed E-state index contributed by atoms with van der Waals surface area (Å²) in [6.45, 7) is 0. The molecule has 0 radical (unpaired) electrons. The molecule has 0 unspecified atom stereocenters. The Balaban J connectivity index is 1.45. The topological polar surface area (TPSA) is 191 Å². The molecule has 0 spiro atoms. The Bertz CT molecular complexity index is 2420. The van der Waals surface area contributed by atoms with Crippen LogP contribution in [-0.2, 0) is 36.8 Å². The molecule has 0 fully saturated rings. The number of carboxylic acids is 1. The summed E-state index contributed by atoms with van der Waals surface area (Å²) in [5.74, 6) is -2.64. The van der Waals surface area contributed by atoms with Gasteiger partial charge in [-0.25, -0.2) is 4.79 Å². The van der Waals surface area contributed by atoms with E-state index < -0.39 is 23.0 Å². The molecule has 296 valence electrons. The van der Waals surface area contributed by atoms with Crippen molar-refractivity contribution in [2.75, 3.05) is 0 Å². The average molecular weight is 826 g/mol. The molecule has 0 saturated heterocycles. The van der Waals surface area contributed by atoms with Gasteiger partial charge in [-0.05, 0) is 72.3 Å². The first-order chi connectivity index (χ1) is 28.5. The van der Waals surface area contributed by atoms with Crippen molar-refractivity contribution in [2.45, 2.75) is 42.7 Å². The van der Waals surface area contributed by atoms with Crippen molar-refractivity contribution in [1.82, 2.24) is 19.9 Å². The predicted octanol–water partition coefficient (Wildman–Crippen LogP) is 8.25. The second-order valence-electron chi connectivity index (χ2n) is 14.7. The third-order valence-corrected chi connectivity index (χ3v) is 11.3. The molecule has 13 heteroatoms. The highest BCUT2D eigenvalue weighted by Crippen LogP contribution is 2.59. The Hall–Kier alpha value is -6.37. The molecule has 59 heavy (non-hydrogen) atoms. The maximum absolute atomic E-state index is 13.0. The zero-order chi connectivity index (χ0) is 41.3. The molecule has 7 aromatic rings. The van der Waals surface area contributed by atoms with E-state index in [9.17, 15) is 20.1 Å². The van der Waals surface area contributed by atoms with Gasteiger partial charge in [-0.1, -0.05) is 65.7 Å². The number of hydrogen-bond acceptors (Lipinski definition) is 10. The Morgan fingerprint density at radius 2 is 0.932 bits per heavy atom. The summed E-state index contributed by atoms with van der Waals surface area (Å²) in [6.07, 6.45) is 6.98. The molecule has 0 atom stereocenters. The lowest BCUT2D eigenvalue weighted by molar-refractivity contribution is 0.0695. The molecule has 11 nitrogen and oxygen atoms in total. The number of phenolic OH excluding ortho intramolecular Hbond substituents is 2. The summed E-state index contributed by atoms with van der Waals surface area (Å²) in [5, 5.41) is 34.8. The van der Waals surface area contributed by atoms with Gasteiger partial charge in [0.25, 0.3) is 0 Å². The SMILES string of the molecule is NC(Cc1ccccn1)(Cc1ccccn1)c1c(O)c(Cl)cc2c1Oc1c(cc(Cl)c(O)c1C(N)(Cc1ccccn1)Cc1ccccn1)C2c1ccccc1C(=O)O. The summed E-state index contributed by atoms with van der Waals surface area (Å²) < 4.78 is 7.08. The van der Waals surface area contributed by atoms with Gasteiger partial charge in [-0.2, -0.15) is 0 Å². The van der Waals surface area contributed by atoms with Crippen LogP contribution in [0.3, 0.4) is 0 Å². The highest BCUT2D eigenvalue weighted by molar-refractivity contribution is 6.33. The molecular formula is C46H38Cl2N6O5. The fourth-order valence-electron chi connectivity index (χ4n) is 8.19. The number of nitrogens with two attached hydrogens (primary N) is 2. The van der Waals surface area contributed by atoms with Gasteiger partial charge >= 0.3 is 5.97 Å². The number of nitrogens with zero attached hydrogens (tertiary/aromatic N) is 4. The summed E-state index contributed by atoms with van der Waals surface area (Å²) in [6, 6.07) is 31.5. The maximum Gasteiger partial charge on any atom is 0.335 e. The second-order valence-corrected chi connectivity index (χ2v) is 15.5. The van der Waals surface area contributed by atoms with Crippen LogP contribution >= 0.6 is 23.2 Å². The molecule has 3 aromatic carbocycles. The molecule has 8 rings (SSSR count). The summed E-state index contributed by atoms with van der Waals surface area (Å²) in [5.41, 5.74) is 16.0. The van der Waals surface area contributed by atoms with Crippen molar-refractivity contribution in [3.05, 3.63) is 200 Å². The van der Waals surface area contributed by atoms with Crippen LogP contribution in [0, 0.1) is 0 Å². The Morgan fingerprint density at radius 1 is 0.576 bits per heavy atom. The fraction of sp³-hybridized carbons (Fsp3) is 0.152. The van der Waals surface area contributed by atoms with E-state index in [0.717, 1.165) is 0 Å². The van der Waals surface area contributed by atoms with Gasteiger partial charge in [0, 0.05) is 90.3 Å². The van der Waals surface area contributed by atoms with Crippen LogP contribution < -0.4 is 16.2 Å². The summed E-state index contributed by atoms with van der Waals surface area (Å²) in [4.78, 5) is 31.3. The molecule has 1 aliphatic rings. The Morgan fingerprint density at radius 3 is 1.27 bits per heavy atom. The highest BCUT2D eigenvalue weighted by atomic mass is 35.5. The number of rotatable bonds is 12. The number of carboxylic acid groups (broad SMARTS) is 1. The predicted molar refractivity (Wildman–Crippen MR) is 224 cm³/mol. The van der Waals surface area contributed by atoms with E-state index in [4.69, 9.17) is 39.4 Å². The van der Waals surface area contributed by atoms with E-state index in [2.05, 4.69) is 19.9 Å². The zero-order valence-corrected chi connectivity index (χ0v) is 33.0. The molecule has 4 aromatic heterocycles. The number of halogens is 2. The fourth-order valence-corrected chi connectivity index (χ4v) is 8.61. The molecule has 0 aliphatic carbocycles. The number of aromatic carboxylic acids is 1. The van der Waals surface area contributed by atoms with Gasteiger partial charge in [0.2, 0.25) is 0 Å². The number of carbonyl (C=O) groups is 1. The summed E-state index contributed by atoms with van der Waals surface area (Å²) >= 11 is 14.0. The van der Waals surface area contributed by atoms with Gasteiger partial charge in [0.15, 0.2) is 0 Å². The highest BCUT2D eigenvalue weighted by Gasteiger charge is 2.46. The number of fused-ring (bicyclic) bond motifs is 2. The maximum atomic E-state index is 13.0. The van der Waals surface area contributed by atoms with E-state index in [1.807, 2.05) is 48.5 Å². The molecule has 0 saturated carbocycles. The zero-order valence-electron chi connectivity index (χ0n) is 31.5. The molecule has 5 heterocycles. The van der Waals surface area contributed by atoms with Crippen LogP contribution in [0.15, 0.2) is 134 Å². The molecule has 0 amide bonds. The van der Waals surface area contributed by atoms with Crippen molar-refractivity contribution in [1.29, 1.82) is 0 Å². The van der Waals surface area contributed by atoms with Crippen molar-refractivity contribution >= 4 is 29.2 Å². The van der Waals surface area contributed by atoms with E-state index >= 15 is 0 Å². The standard InChI is InChI=1S/C46H38Cl2N6O5/c47-35-21-33-37(31-15-1-2-16-32(31)44(57)58)34-22-36(48)41(56)39(46(50,25-29-13-5-9-19-53-29)26-30-14-6-10-20-54-30)43(34)59-42(33)38(40(35)55)45(49,23-27-11-3-7-17-51-27)24-28-12-4-8-18-52-28/h1-22,37,55-56H,23-26,49-50H2,(H,57,58). The van der Waals surface area contributed by atoms with Crippen molar-refractivity contribution < 1.29 is 24.9 Å². The first-order valence-corrected chi connectivity index (χ1v) is 19.5. The van der Waals surface area contributed by atoms with Crippen molar-refractivity contribution in [3.63, 3.8) is 0 Å². The van der Waals surface area contributed by atoms with Crippen LogP contribution in [0.4, 0.5) is 0 Å². The number of benzene rings is 3. The van der Waals surface area contributed by atoms with E-state index in [0.29, 0.717) is 39.5 Å². The lowest BCUT2D eigenvalue weighted by Gasteiger charge is -2.40. The number of phenols is 2. The van der Waals surface area contributed by atoms with Crippen LogP contribution in [-0.4, -0.2) is 41.2 Å². The number of pyridine rings is 4. The first kappa shape index (κ1) is 39.5. The third kappa shape index (κ3) is 7.69. The minimum atomic E-state index is -1.49. The smallest absolute Gasteiger partial charge is 0.335 e. The van der Waals surface area contributed by atoms with E-state index in [1.54, 1.807) is 79.4 Å². The van der Waals surface area contributed by atoms with E-state index in [1.165, 1.54) is 6.07 Å². The van der Waals surface area contributed by atoms with Gasteiger partial charge < -0.3 is 31.5 Å². The third-order valence-electron chi connectivity index (χ3n) is 10.7. The van der Waals surface area contributed by atoms with Crippen LogP contribution in [0.1, 0.15) is 66.9 Å². The summed E-state index contributed by atoms with van der Waals surface area (Å²) in [7, 11) is 0. The number of aromatic nitrogens is 4. The minimum absolute atomic E-state index is 0.00485. The van der Waals surface area contributed by atoms with Crippen LogP contribution in [0.5, 0.6) is 23.0 Å². The normalized spacial score (nSPS) is 12.7. The van der Waals surface area contributed by atoms with Crippen LogP contribution in [0.2, 0.25) is 10.0 Å². The second kappa shape index (κ2) is 16.1. The van der Waals surface area contributed by atoms with Crippen molar-refractivity contribution in [2.24, 2.45) is 11.5 Å². The van der Waals surface area contributed by atoms with Gasteiger partial charge in [0.05, 0.1) is 37.8 Å². The number of ether oxygens (including phenoxy) is 1. The first-order valence-electron chi connectivity index (χ1n) is 18.7. The monoisotopic (exact) mass is 824 g/mol. The van der Waals surface area contributed by atoms with Crippen LogP contribution in [0.25, 0.3) is 0 Å². The number of aromatic hydroxyl groups is 2. The van der Waals surface area contributed by atoms with E-state index in [-0.39, 0.29) is 75.4 Å². The molecular weight excluding hydrogens is 787 g/mol. The number of hydrogen-bond donors (Lipinski definition) is 5. The quantitative estimate of drug-likeness (QED) is 0.0797. The minimum Gasteiger partial charge on any atom is -0.506 e. The van der Waals surface area contributed by atoms with Gasteiger partial charge in [-0.3, -0.25) is 19.9 Å². The average Bonchev–Trinajstić information content (AvgIpc) is 3.22. The largest absolute Gasteiger partial charge is 0.506 e. The molecule has 0 bridgehead atoms. The molecule has 7 N–H and O–H groups in total. The Labute approximate surface area is 350 Å². The lowest BCUT2D eigenvalue weighted by Crippen LogP contribution is -2.43. The molecule has 1 aliphatic heterocycles. The van der Waals surface area contributed by atoms with Gasteiger partial charge in [-0.15, -0.1) is 0 Å². The van der Waals surface area contributed by atoms with Gasteiger partial charge in [0.1, 0.15) is 23.0 Å². The van der Waals surface area contributed by atoms with Crippen molar-refractivity contribution in [3.8, 4) is 23.0 Å². The lowest BCUT2D eigenvalue weighted by atomic mass is 9.73. The Kier molecular flexibility index (Phi) is 10.8.